The molecule has 3 aromatic carbocycles. The van der Waals surface area contributed by atoms with Gasteiger partial charge < -0.3 is 14.4 Å². The van der Waals surface area contributed by atoms with Crippen molar-refractivity contribution in [1.82, 2.24) is 10.3 Å². The number of ether oxygens (including phenoxy) is 2. The molecule has 36 heavy (non-hydrogen) atoms. The molecule has 1 fully saturated rings. The van der Waals surface area contributed by atoms with Gasteiger partial charge in [0.05, 0.1) is 19.4 Å². The summed E-state index contributed by atoms with van der Waals surface area (Å²) in [6.45, 7) is 2.95. The molecule has 6 nitrogen and oxygen atoms in total. The zero-order valence-electron chi connectivity index (χ0n) is 20.0. The van der Waals surface area contributed by atoms with E-state index in [1.54, 1.807) is 6.21 Å². The molecule has 5 rings (SSSR count). The van der Waals surface area contributed by atoms with E-state index in [9.17, 15) is 4.79 Å². The number of amides is 1. The number of fused-ring (bicyclic) bond motifs is 1. The summed E-state index contributed by atoms with van der Waals surface area (Å²) in [5, 5.41) is 7.17. The van der Waals surface area contributed by atoms with Crippen LogP contribution in [0.25, 0.3) is 16.8 Å². The molecular weight excluding hydrogens is 474 g/mol. The Morgan fingerprint density at radius 3 is 2.61 bits per heavy atom. The number of carbonyl (C=O) groups is 1. The zero-order valence-corrected chi connectivity index (χ0v) is 20.7. The number of allylic oxidation sites excluding steroid dienone is 2. The van der Waals surface area contributed by atoms with Crippen molar-refractivity contribution < 1.29 is 14.3 Å². The van der Waals surface area contributed by atoms with E-state index >= 15 is 0 Å². The molecule has 0 saturated carbocycles. The van der Waals surface area contributed by atoms with Gasteiger partial charge in [-0.05, 0) is 70.7 Å². The Bertz CT molecular complexity index is 1330. The number of hydrogen-bond donors (Lipinski definition) is 1. The molecule has 1 heterocycles. The van der Waals surface area contributed by atoms with Crippen LogP contribution in [0.4, 0.5) is 0 Å². The fourth-order valence-corrected chi connectivity index (χ4v) is 4.68. The van der Waals surface area contributed by atoms with Gasteiger partial charge in [0.25, 0.3) is 5.91 Å². The van der Waals surface area contributed by atoms with Crippen LogP contribution in [0.2, 0.25) is 5.02 Å². The summed E-state index contributed by atoms with van der Waals surface area (Å²) in [4.78, 5) is 14.7. The van der Waals surface area contributed by atoms with Crippen LogP contribution in [0.15, 0.2) is 88.7 Å². The third-order valence-electron chi connectivity index (χ3n) is 6.31. The summed E-state index contributed by atoms with van der Waals surface area (Å²) in [7, 11) is 0. The lowest BCUT2D eigenvalue weighted by molar-refractivity contribution is -0.123. The smallest absolute Gasteiger partial charge is 0.277 e. The summed E-state index contributed by atoms with van der Waals surface area (Å²) in [6, 6.07) is 21.7. The minimum atomic E-state index is -0.303. The van der Waals surface area contributed by atoms with Gasteiger partial charge in [-0.25, -0.2) is 5.43 Å². The van der Waals surface area contributed by atoms with Gasteiger partial charge in [-0.2, -0.15) is 5.10 Å². The van der Waals surface area contributed by atoms with E-state index in [2.05, 4.69) is 21.5 Å². The van der Waals surface area contributed by atoms with Gasteiger partial charge in [-0.15, -0.1) is 0 Å². The number of nitrogens with zero attached hydrogens (tertiary/aromatic N) is 2. The van der Waals surface area contributed by atoms with Crippen molar-refractivity contribution in [3.63, 3.8) is 0 Å². The summed E-state index contributed by atoms with van der Waals surface area (Å²) < 4.78 is 11.2. The monoisotopic (exact) mass is 501 g/mol. The number of nitrogens with one attached hydrogen (secondary N) is 1. The van der Waals surface area contributed by atoms with Gasteiger partial charge in [0, 0.05) is 23.8 Å². The van der Waals surface area contributed by atoms with Crippen LogP contribution in [-0.2, 0) is 9.53 Å². The Hall–Kier alpha value is -3.61. The standard InChI is InChI=1S/C29H28ClN3O3/c30-26-10-5-21(6-11-26)17-24-7-8-25(29(24)33-13-15-35-16-14-33)19-31-32-28(34)20-36-27-12-9-22-3-1-2-4-23(22)18-27/h1-6,9-12,17-19H,7-8,13-16,20H2,(H,32,34)/b24-17-,31-19+. The Morgan fingerprint density at radius 1 is 1.03 bits per heavy atom. The molecule has 1 aliphatic heterocycles. The fourth-order valence-electron chi connectivity index (χ4n) is 4.55. The van der Waals surface area contributed by atoms with Gasteiger partial charge in [0.15, 0.2) is 6.61 Å². The van der Waals surface area contributed by atoms with Crippen molar-refractivity contribution >= 4 is 40.6 Å². The highest BCUT2D eigenvalue weighted by atomic mass is 35.5. The topological polar surface area (TPSA) is 63.2 Å². The molecule has 0 aromatic heterocycles. The molecule has 0 atom stereocenters. The third-order valence-corrected chi connectivity index (χ3v) is 6.56. The van der Waals surface area contributed by atoms with Crippen LogP contribution in [0.1, 0.15) is 18.4 Å². The van der Waals surface area contributed by atoms with E-state index in [0.29, 0.717) is 19.0 Å². The normalized spacial score (nSPS) is 17.4. The first kappa shape index (κ1) is 24.1. The summed E-state index contributed by atoms with van der Waals surface area (Å²) in [5.41, 5.74) is 7.25. The molecule has 3 aromatic rings. The van der Waals surface area contributed by atoms with Gasteiger partial charge in [-0.3, -0.25) is 4.79 Å². The van der Waals surface area contributed by atoms with Crippen molar-refractivity contribution in [3.8, 4) is 5.75 Å². The average molecular weight is 502 g/mol. The second-order valence-corrected chi connectivity index (χ2v) is 9.22. The molecule has 7 heteroatoms. The summed E-state index contributed by atoms with van der Waals surface area (Å²) in [5.74, 6) is 0.348. The molecule has 2 aliphatic rings. The molecule has 1 aliphatic carbocycles. The molecule has 0 bridgehead atoms. The van der Waals surface area contributed by atoms with Gasteiger partial charge in [-0.1, -0.05) is 54.1 Å². The molecule has 0 unspecified atom stereocenters. The van der Waals surface area contributed by atoms with Crippen LogP contribution in [0.3, 0.4) is 0 Å². The molecule has 1 saturated heterocycles. The first-order valence-corrected chi connectivity index (χ1v) is 12.5. The maximum atomic E-state index is 12.4. The molecular formula is C29H28ClN3O3. The maximum Gasteiger partial charge on any atom is 0.277 e. The number of hydrogen-bond acceptors (Lipinski definition) is 5. The van der Waals surface area contributed by atoms with Gasteiger partial charge >= 0.3 is 0 Å². The van der Waals surface area contributed by atoms with E-state index < -0.39 is 0 Å². The lowest BCUT2D eigenvalue weighted by Gasteiger charge is -2.31. The Labute approximate surface area is 215 Å². The van der Waals surface area contributed by atoms with E-state index in [1.807, 2.05) is 66.7 Å². The molecule has 1 amide bonds. The Balaban J connectivity index is 1.25. The highest BCUT2D eigenvalue weighted by molar-refractivity contribution is 6.30. The molecule has 0 spiro atoms. The largest absolute Gasteiger partial charge is 0.484 e. The lowest BCUT2D eigenvalue weighted by Crippen LogP contribution is -2.36. The predicted molar refractivity (Wildman–Crippen MR) is 144 cm³/mol. The number of morpholine rings is 1. The van der Waals surface area contributed by atoms with Gasteiger partial charge in [0.2, 0.25) is 0 Å². The van der Waals surface area contributed by atoms with Crippen LogP contribution in [0, 0.1) is 0 Å². The number of hydrazone groups is 1. The maximum absolute atomic E-state index is 12.4. The fraction of sp³-hybridized carbons (Fsp3) is 0.241. The van der Waals surface area contributed by atoms with E-state index in [0.717, 1.165) is 52.9 Å². The molecule has 1 N–H and O–H groups in total. The zero-order chi connectivity index (χ0) is 24.7. The molecule has 0 radical (unpaired) electrons. The van der Waals surface area contributed by atoms with Crippen molar-refractivity contribution in [2.75, 3.05) is 32.9 Å². The van der Waals surface area contributed by atoms with Crippen LogP contribution < -0.4 is 10.2 Å². The summed E-state index contributed by atoms with van der Waals surface area (Å²) >= 11 is 6.05. The van der Waals surface area contributed by atoms with E-state index in [-0.39, 0.29) is 12.5 Å². The van der Waals surface area contributed by atoms with Gasteiger partial charge in [0.1, 0.15) is 5.75 Å². The minimum Gasteiger partial charge on any atom is -0.484 e. The number of rotatable bonds is 7. The second-order valence-electron chi connectivity index (χ2n) is 8.79. The predicted octanol–water partition coefficient (Wildman–Crippen LogP) is 5.44. The highest BCUT2D eigenvalue weighted by Crippen LogP contribution is 2.35. The quantitative estimate of drug-likeness (QED) is 0.346. The molecule has 184 valence electrons. The van der Waals surface area contributed by atoms with Crippen LogP contribution >= 0.6 is 11.6 Å². The third kappa shape index (κ3) is 5.96. The summed E-state index contributed by atoms with van der Waals surface area (Å²) in [6.07, 6.45) is 5.74. The number of carbonyl (C=O) groups excluding carboxylic acids is 1. The van der Waals surface area contributed by atoms with Crippen molar-refractivity contribution in [1.29, 1.82) is 0 Å². The highest BCUT2D eigenvalue weighted by Gasteiger charge is 2.25. The van der Waals surface area contributed by atoms with Crippen LogP contribution in [0.5, 0.6) is 5.75 Å². The number of benzene rings is 3. The second kappa shape index (κ2) is 11.4. The van der Waals surface area contributed by atoms with E-state index in [1.165, 1.54) is 11.3 Å². The number of halogens is 1. The van der Waals surface area contributed by atoms with Crippen molar-refractivity contribution in [2.45, 2.75) is 12.8 Å². The average Bonchev–Trinajstić information content (AvgIpc) is 3.31. The Morgan fingerprint density at radius 2 is 1.81 bits per heavy atom. The first-order valence-electron chi connectivity index (χ1n) is 12.1. The van der Waals surface area contributed by atoms with Crippen LogP contribution in [-0.4, -0.2) is 49.9 Å². The van der Waals surface area contributed by atoms with Crippen molar-refractivity contribution in [2.24, 2.45) is 5.10 Å². The SMILES string of the molecule is O=C(COc1ccc2ccccc2c1)N/N=C/C1=C(N2CCOCC2)C(=C\c2ccc(Cl)cc2)/CC1. The Kier molecular flexibility index (Phi) is 7.64. The lowest BCUT2D eigenvalue weighted by atomic mass is 10.1. The first-order chi connectivity index (χ1) is 17.7. The van der Waals surface area contributed by atoms with E-state index in [4.69, 9.17) is 21.1 Å². The van der Waals surface area contributed by atoms with Crippen molar-refractivity contribution in [3.05, 3.63) is 94.2 Å². The minimum absolute atomic E-state index is 0.104.